The predicted octanol–water partition coefficient (Wildman–Crippen LogP) is 4.02. The van der Waals surface area contributed by atoms with Crippen LogP contribution in [0, 0.1) is 6.92 Å². The molecule has 5 nitrogen and oxygen atoms in total. The minimum atomic E-state index is -3.16. The number of rotatable bonds is 6. The minimum absolute atomic E-state index is 0.0670. The van der Waals surface area contributed by atoms with E-state index in [1.807, 2.05) is 36.6 Å². The fourth-order valence-corrected chi connectivity index (χ4v) is 4.11. The fraction of sp³-hybridized carbons (Fsp3) is 0.200. The van der Waals surface area contributed by atoms with Crippen LogP contribution in [0.5, 0.6) is 0 Å². The summed E-state index contributed by atoms with van der Waals surface area (Å²) in [5.41, 5.74) is 3.77. The van der Waals surface area contributed by atoms with Crippen molar-refractivity contribution in [2.75, 3.05) is 6.26 Å². The van der Waals surface area contributed by atoms with Gasteiger partial charge in [0.1, 0.15) is 11.6 Å². The van der Waals surface area contributed by atoms with Crippen LogP contribution < -0.4 is 0 Å². The summed E-state index contributed by atoms with van der Waals surface area (Å²) in [6.07, 6.45) is 1.16. The third-order valence-electron chi connectivity index (χ3n) is 3.79. The molecule has 0 spiro atoms. The van der Waals surface area contributed by atoms with Crippen LogP contribution in [0.1, 0.15) is 27.2 Å². The number of hydrogen-bond donors (Lipinski definition) is 0. The zero-order chi connectivity index (χ0) is 19.4. The van der Waals surface area contributed by atoms with E-state index in [-0.39, 0.29) is 12.4 Å². The quantitative estimate of drug-likeness (QED) is 0.583. The number of carbonyl (C=O) groups is 1. The number of esters is 1. The summed E-state index contributed by atoms with van der Waals surface area (Å²) in [6, 6.07) is 14.5. The number of hydrogen-bond acceptors (Lipinski definition) is 6. The highest BCUT2D eigenvalue weighted by Gasteiger charge is 2.12. The maximum Gasteiger partial charge on any atom is 0.338 e. The summed E-state index contributed by atoms with van der Waals surface area (Å²) >= 11 is 1.50. The van der Waals surface area contributed by atoms with E-state index in [1.54, 1.807) is 24.3 Å². The predicted molar refractivity (Wildman–Crippen MR) is 106 cm³/mol. The molecule has 3 aromatic rings. The lowest BCUT2D eigenvalue weighted by Gasteiger charge is -2.05. The molecule has 1 heterocycles. The Morgan fingerprint density at radius 2 is 1.89 bits per heavy atom. The summed E-state index contributed by atoms with van der Waals surface area (Å²) < 4.78 is 28.1. The van der Waals surface area contributed by atoms with Crippen molar-refractivity contribution in [3.05, 3.63) is 76.3 Å². The molecule has 0 bridgehead atoms. The summed E-state index contributed by atoms with van der Waals surface area (Å²) in [6.45, 7) is 2.10. The van der Waals surface area contributed by atoms with Gasteiger partial charge in [-0.2, -0.15) is 0 Å². The molecular formula is C20H19NO4S2. The van der Waals surface area contributed by atoms with E-state index in [9.17, 15) is 13.2 Å². The van der Waals surface area contributed by atoms with E-state index < -0.39 is 15.8 Å². The lowest BCUT2D eigenvalue weighted by molar-refractivity contribution is 0.0468. The Labute approximate surface area is 162 Å². The lowest BCUT2D eigenvalue weighted by Crippen LogP contribution is -2.07. The number of aromatic nitrogens is 1. The van der Waals surface area contributed by atoms with Crippen LogP contribution in [0.3, 0.4) is 0 Å². The smallest absolute Gasteiger partial charge is 0.338 e. The lowest BCUT2D eigenvalue weighted by atomic mass is 10.1. The van der Waals surface area contributed by atoms with Gasteiger partial charge < -0.3 is 4.74 Å². The van der Waals surface area contributed by atoms with Crippen molar-refractivity contribution >= 4 is 27.1 Å². The Morgan fingerprint density at radius 1 is 1.15 bits per heavy atom. The maximum atomic E-state index is 12.3. The molecule has 0 aliphatic rings. The molecule has 0 unspecified atom stereocenters. The van der Waals surface area contributed by atoms with Crippen LogP contribution in [0.2, 0.25) is 0 Å². The van der Waals surface area contributed by atoms with Crippen molar-refractivity contribution < 1.29 is 17.9 Å². The Hall–Kier alpha value is -2.51. The van der Waals surface area contributed by atoms with Gasteiger partial charge in [0.05, 0.1) is 17.0 Å². The molecule has 0 N–H and O–H groups in total. The monoisotopic (exact) mass is 401 g/mol. The second kappa shape index (κ2) is 8.02. The molecule has 0 amide bonds. The molecule has 0 saturated heterocycles. The van der Waals surface area contributed by atoms with Crippen molar-refractivity contribution in [1.29, 1.82) is 0 Å². The average molecular weight is 402 g/mol. The van der Waals surface area contributed by atoms with Crippen LogP contribution in [0.15, 0.2) is 53.9 Å². The van der Waals surface area contributed by atoms with E-state index in [0.29, 0.717) is 16.8 Å². The van der Waals surface area contributed by atoms with Crippen LogP contribution in [0.4, 0.5) is 0 Å². The molecule has 7 heteroatoms. The van der Waals surface area contributed by atoms with Crippen molar-refractivity contribution in [2.24, 2.45) is 0 Å². The molecule has 27 heavy (non-hydrogen) atoms. The summed E-state index contributed by atoms with van der Waals surface area (Å²) in [4.78, 5) is 16.8. The van der Waals surface area contributed by atoms with E-state index >= 15 is 0 Å². The minimum Gasteiger partial charge on any atom is -0.456 e. The zero-order valence-corrected chi connectivity index (χ0v) is 16.6. The number of sulfone groups is 1. The van der Waals surface area contributed by atoms with Crippen LogP contribution in [0.25, 0.3) is 10.6 Å². The summed E-state index contributed by atoms with van der Waals surface area (Å²) in [5, 5.41) is 2.74. The van der Waals surface area contributed by atoms with Gasteiger partial charge in [0, 0.05) is 17.2 Å². The highest BCUT2D eigenvalue weighted by Crippen LogP contribution is 2.24. The Morgan fingerprint density at radius 3 is 2.59 bits per heavy atom. The molecule has 0 aliphatic carbocycles. The zero-order valence-electron chi connectivity index (χ0n) is 15.0. The number of carbonyl (C=O) groups excluding carboxylic acids is 1. The van der Waals surface area contributed by atoms with E-state index in [4.69, 9.17) is 4.74 Å². The first-order chi connectivity index (χ1) is 12.8. The molecule has 1 aromatic heterocycles. The van der Waals surface area contributed by atoms with Gasteiger partial charge in [-0.3, -0.25) is 0 Å². The van der Waals surface area contributed by atoms with Gasteiger partial charge >= 0.3 is 5.97 Å². The fourth-order valence-electron chi connectivity index (χ4n) is 2.52. The SMILES string of the molecule is Cc1ccc(-c2nc(COC(=O)c3cccc(CS(C)(=O)=O)c3)cs2)cc1. The van der Waals surface area contributed by atoms with Crippen LogP contribution >= 0.6 is 11.3 Å². The van der Waals surface area contributed by atoms with Crippen molar-refractivity contribution in [3.63, 3.8) is 0 Å². The number of benzene rings is 2. The van der Waals surface area contributed by atoms with Gasteiger partial charge in [0.25, 0.3) is 0 Å². The Balaban J connectivity index is 1.64. The highest BCUT2D eigenvalue weighted by atomic mass is 32.2. The topological polar surface area (TPSA) is 73.3 Å². The van der Waals surface area contributed by atoms with Gasteiger partial charge in [-0.15, -0.1) is 11.3 Å². The van der Waals surface area contributed by atoms with E-state index in [1.165, 1.54) is 16.9 Å². The maximum absolute atomic E-state index is 12.3. The molecule has 2 aromatic carbocycles. The number of thiazole rings is 1. The second-order valence-electron chi connectivity index (χ2n) is 6.36. The Bertz CT molecular complexity index is 1050. The normalized spacial score (nSPS) is 11.3. The van der Waals surface area contributed by atoms with Crippen molar-refractivity contribution in [1.82, 2.24) is 4.98 Å². The molecule has 0 fully saturated rings. The first-order valence-electron chi connectivity index (χ1n) is 8.25. The van der Waals surface area contributed by atoms with Gasteiger partial charge in [-0.25, -0.2) is 18.2 Å². The number of nitrogens with zero attached hydrogens (tertiary/aromatic N) is 1. The molecule has 0 radical (unpaired) electrons. The largest absolute Gasteiger partial charge is 0.456 e. The molecule has 3 rings (SSSR count). The summed E-state index contributed by atoms with van der Waals surface area (Å²) in [5.74, 6) is -0.615. The van der Waals surface area contributed by atoms with Crippen molar-refractivity contribution in [3.8, 4) is 10.6 Å². The molecule has 0 atom stereocenters. The van der Waals surface area contributed by atoms with Gasteiger partial charge in [-0.1, -0.05) is 42.0 Å². The van der Waals surface area contributed by atoms with E-state index in [0.717, 1.165) is 16.8 Å². The van der Waals surface area contributed by atoms with Crippen LogP contribution in [-0.4, -0.2) is 25.6 Å². The summed E-state index contributed by atoms with van der Waals surface area (Å²) in [7, 11) is -3.16. The highest BCUT2D eigenvalue weighted by molar-refractivity contribution is 7.89. The molecule has 0 aliphatic heterocycles. The standard InChI is InChI=1S/C20H19NO4S2/c1-14-6-8-16(9-7-14)19-21-18(12-26-19)11-25-20(22)17-5-3-4-15(10-17)13-27(2,23)24/h3-10,12H,11,13H2,1-2H3. The number of ether oxygens (including phenoxy) is 1. The molecule has 0 saturated carbocycles. The third-order valence-corrected chi connectivity index (χ3v) is 5.59. The first-order valence-corrected chi connectivity index (χ1v) is 11.2. The molecular weight excluding hydrogens is 382 g/mol. The van der Waals surface area contributed by atoms with E-state index in [2.05, 4.69) is 4.98 Å². The Kier molecular flexibility index (Phi) is 5.72. The third kappa shape index (κ3) is 5.48. The molecule has 140 valence electrons. The second-order valence-corrected chi connectivity index (χ2v) is 9.35. The van der Waals surface area contributed by atoms with Crippen LogP contribution in [-0.2, 0) is 26.9 Å². The van der Waals surface area contributed by atoms with Gasteiger partial charge in [0.2, 0.25) is 0 Å². The first kappa shape index (κ1) is 19.3. The van der Waals surface area contributed by atoms with Gasteiger partial charge in [-0.05, 0) is 24.6 Å². The number of aryl methyl sites for hydroxylation is 1. The van der Waals surface area contributed by atoms with Crippen molar-refractivity contribution in [2.45, 2.75) is 19.3 Å². The van der Waals surface area contributed by atoms with Gasteiger partial charge in [0.15, 0.2) is 9.84 Å². The average Bonchev–Trinajstić information content (AvgIpc) is 3.08.